The molecule has 0 aliphatic heterocycles. The molecule has 0 saturated heterocycles. The van der Waals surface area contributed by atoms with Crippen LogP contribution in [0.4, 0.5) is 0 Å². The molecule has 0 saturated carbocycles. The largest absolute Gasteiger partial charge is 0.619 e. The highest BCUT2D eigenvalue weighted by Crippen LogP contribution is 2.36. The summed E-state index contributed by atoms with van der Waals surface area (Å²) in [5, 5.41) is 40.1. The Labute approximate surface area is 122 Å². The Morgan fingerprint density at radius 2 is 1.20 bits per heavy atom. The zero-order valence-corrected chi connectivity index (χ0v) is 11.5. The maximum atomic E-state index is 11.3. The molecule has 6 nitrogen and oxygen atoms in total. The van der Waals surface area contributed by atoms with Gasteiger partial charge in [0.25, 0.3) is 0 Å². The van der Waals surface area contributed by atoms with Gasteiger partial charge in [0.05, 0.1) is 9.79 Å². The minimum absolute atomic E-state index is 0.260. The summed E-state index contributed by atoms with van der Waals surface area (Å²) in [6.45, 7) is 0. The maximum Gasteiger partial charge on any atom is 0.198 e. The summed E-state index contributed by atoms with van der Waals surface area (Å²) in [5.41, 5.74) is 0.519. The minimum atomic E-state index is 0.260. The molecule has 0 spiro atoms. The van der Waals surface area contributed by atoms with Gasteiger partial charge >= 0.3 is 0 Å². The standard InChI is InChI=1S/C12H6N4O2S2/c13-3-9-1-11(7-15(17)5-9)19-20-12-2-10(4-14)6-16(18)8-12/h1-2,5-8H. The lowest BCUT2D eigenvalue weighted by atomic mass is 10.3. The molecule has 2 rings (SSSR count). The Morgan fingerprint density at radius 1 is 0.800 bits per heavy atom. The summed E-state index contributed by atoms with van der Waals surface area (Å²) in [6, 6.07) is 6.94. The summed E-state index contributed by atoms with van der Waals surface area (Å²) < 4.78 is 1.11. The van der Waals surface area contributed by atoms with Crippen molar-refractivity contribution in [3.63, 3.8) is 0 Å². The number of hydrogen-bond acceptors (Lipinski definition) is 6. The average Bonchev–Trinajstić information content (AvgIpc) is 2.44. The van der Waals surface area contributed by atoms with Crippen molar-refractivity contribution in [2.75, 3.05) is 0 Å². The third kappa shape index (κ3) is 3.54. The Balaban J connectivity index is 2.17. The van der Waals surface area contributed by atoms with Crippen molar-refractivity contribution in [1.82, 2.24) is 0 Å². The van der Waals surface area contributed by atoms with Crippen molar-refractivity contribution in [3.8, 4) is 12.1 Å². The van der Waals surface area contributed by atoms with Crippen LogP contribution in [0.3, 0.4) is 0 Å². The Hall–Kier alpha value is -2.42. The molecule has 2 aromatic heterocycles. The third-order valence-corrected chi connectivity index (χ3v) is 4.45. The van der Waals surface area contributed by atoms with E-state index in [2.05, 4.69) is 0 Å². The van der Waals surface area contributed by atoms with E-state index >= 15 is 0 Å². The molecule has 0 atom stereocenters. The maximum absolute atomic E-state index is 11.3. The molecule has 8 heteroatoms. The highest BCUT2D eigenvalue weighted by atomic mass is 33.1. The van der Waals surface area contributed by atoms with Gasteiger partial charge in [-0.2, -0.15) is 20.0 Å². The summed E-state index contributed by atoms with van der Waals surface area (Å²) in [5.74, 6) is 0. The fourth-order valence-electron chi connectivity index (χ4n) is 1.36. The van der Waals surface area contributed by atoms with Gasteiger partial charge in [0.2, 0.25) is 0 Å². The normalized spacial score (nSPS) is 9.70. The number of aromatic nitrogens is 2. The summed E-state index contributed by atoms with van der Waals surface area (Å²) in [6.07, 6.45) is 5.02. The number of rotatable bonds is 3. The molecule has 0 fully saturated rings. The smallest absolute Gasteiger partial charge is 0.198 e. The van der Waals surface area contributed by atoms with Crippen molar-refractivity contribution in [2.45, 2.75) is 9.79 Å². The molecule has 0 radical (unpaired) electrons. The lowest BCUT2D eigenvalue weighted by molar-refractivity contribution is -0.607. The van der Waals surface area contributed by atoms with Crippen molar-refractivity contribution in [2.24, 2.45) is 0 Å². The van der Waals surface area contributed by atoms with Crippen molar-refractivity contribution < 1.29 is 9.46 Å². The van der Waals surface area contributed by atoms with Crippen molar-refractivity contribution >= 4 is 21.6 Å². The van der Waals surface area contributed by atoms with Crippen LogP contribution in [0.2, 0.25) is 0 Å². The number of nitrogens with zero attached hydrogens (tertiary/aromatic N) is 4. The fraction of sp³-hybridized carbons (Fsp3) is 0. The fourth-order valence-corrected chi connectivity index (χ4v) is 3.33. The first-order valence-corrected chi connectivity index (χ1v) is 7.38. The number of pyridine rings is 2. The lowest BCUT2D eigenvalue weighted by Gasteiger charge is -2.03. The topological polar surface area (TPSA) is 101 Å². The van der Waals surface area contributed by atoms with E-state index in [1.807, 2.05) is 12.1 Å². The van der Waals surface area contributed by atoms with Crippen LogP contribution in [0, 0.1) is 33.1 Å². The molecule has 2 aromatic rings. The Bertz CT molecular complexity index is 674. The molecule has 0 aliphatic rings. The lowest BCUT2D eigenvalue weighted by Crippen LogP contribution is -2.25. The molecule has 20 heavy (non-hydrogen) atoms. The van der Waals surface area contributed by atoms with Gasteiger partial charge in [-0.15, -0.1) is 0 Å². The van der Waals surface area contributed by atoms with E-state index < -0.39 is 0 Å². The molecular formula is C12H6N4O2S2. The SMILES string of the molecule is N#Cc1cc(SSc2cc(C#N)c[n+]([O-])c2)c[n+]([O-])c1. The van der Waals surface area contributed by atoms with Gasteiger partial charge in [0.15, 0.2) is 24.8 Å². The highest BCUT2D eigenvalue weighted by Gasteiger charge is 2.08. The predicted molar refractivity (Wildman–Crippen MR) is 71.9 cm³/mol. The van der Waals surface area contributed by atoms with Gasteiger partial charge in [-0.25, -0.2) is 0 Å². The number of hydrogen-bond donors (Lipinski definition) is 0. The van der Waals surface area contributed by atoms with E-state index in [0.717, 1.165) is 0 Å². The van der Waals surface area contributed by atoms with Crippen molar-refractivity contribution in [3.05, 3.63) is 58.5 Å². The molecular weight excluding hydrogens is 296 g/mol. The van der Waals surface area contributed by atoms with E-state index in [1.54, 1.807) is 12.1 Å². The van der Waals surface area contributed by atoms with Crippen LogP contribution in [-0.4, -0.2) is 0 Å². The summed E-state index contributed by atoms with van der Waals surface area (Å²) >= 11 is 0. The first-order valence-electron chi connectivity index (χ1n) is 5.23. The van der Waals surface area contributed by atoms with Gasteiger partial charge in [0, 0.05) is 0 Å². The zero-order chi connectivity index (χ0) is 14.5. The Morgan fingerprint density at radius 3 is 1.55 bits per heavy atom. The van der Waals surface area contributed by atoms with Gasteiger partial charge < -0.3 is 10.4 Å². The van der Waals surface area contributed by atoms with Crippen LogP contribution in [0.5, 0.6) is 0 Å². The minimum Gasteiger partial charge on any atom is -0.619 e. The number of nitriles is 2. The molecule has 0 amide bonds. The van der Waals surface area contributed by atoms with Crippen LogP contribution >= 0.6 is 21.6 Å². The molecule has 98 valence electrons. The summed E-state index contributed by atoms with van der Waals surface area (Å²) in [4.78, 5) is 1.17. The van der Waals surface area contributed by atoms with E-state index in [4.69, 9.17) is 10.5 Å². The van der Waals surface area contributed by atoms with Gasteiger partial charge in [-0.3, -0.25) is 0 Å². The highest BCUT2D eigenvalue weighted by molar-refractivity contribution is 8.76. The average molecular weight is 302 g/mol. The first-order chi connectivity index (χ1) is 9.60. The van der Waals surface area contributed by atoms with Gasteiger partial charge in [-0.1, -0.05) is 0 Å². The first kappa shape index (κ1) is 14.0. The van der Waals surface area contributed by atoms with E-state index in [-0.39, 0.29) is 11.1 Å². The summed E-state index contributed by atoms with van der Waals surface area (Å²) in [7, 11) is 2.46. The molecule has 0 aliphatic carbocycles. The van der Waals surface area contributed by atoms with Crippen molar-refractivity contribution in [1.29, 1.82) is 10.5 Å². The molecule has 0 N–H and O–H groups in total. The quantitative estimate of drug-likeness (QED) is 0.483. The Kier molecular flexibility index (Phi) is 4.31. The van der Waals surface area contributed by atoms with Crippen LogP contribution < -0.4 is 9.46 Å². The molecule has 2 heterocycles. The molecule has 0 bridgehead atoms. The van der Waals surface area contributed by atoms with E-state index in [0.29, 0.717) is 19.3 Å². The van der Waals surface area contributed by atoms with Gasteiger partial charge in [-0.05, 0) is 33.7 Å². The van der Waals surface area contributed by atoms with Gasteiger partial charge in [0.1, 0.15) is 23.3 Å². The second-order valence-corrected chi connectivity index (χ2v) is 5.91. The van der Waals surface area contributed by atoms with Crippen LogP contribution in [-0.2, 0) is 0 Å². The second kappa shape index (κ2) is 6.15. The molecule has 0 unspecified atom stereocenters. The molecule has 0 aromatic carbocycles. The second-order valence-electron chi connectivity index (χ2n) is 3.63. The van der Waals surface area contributed by atoms with Crippen LogP contribution in [0.1, 0.15) is 11.1 Å². The van der Waals surface area contributed by atoms with E-state index in [1.165, 1.54) is 46.4 Å². The zero-order valence-electron chi connectivity index (χ0n) is 9.89. The predicted octanol–water partition coefficient (Wildman–Crippen LogP) is 1.50. The van der Waals surface area contributed by atoms with Crippen LogP contribution in [0.15, 0.2) is 46.7 Å². The monoisotopic (exact) mass is 302 g/mol. The van der Waals surface area contributed by atoms with E-state index in [9.17, 15) is 10.4 Å². The van der Waals surface area contributed by atoms with Crippen LogP contribution in [0.25, 0.3) is 0 Å². The third-order valence-electron chi connectivity index (χ3n) is 2.13.